The van der Waals surface area contributed by atoms with Crippen molar-refractivity contribution in [2.45, 2.75) is 32.8 Å². The highest BCUT2D eigenvalue weighted by Gasteiger charge is 2.11. The van der Waals surface area contributed by atoms with Crippen molar-refractivity contribution in [3.8, 4) is 0 Å². The smallest absolute Gasteiger partial charge is 0.0594 e. The molecule has 0 spiro atoms. The van der Waals surface area contributed by atoms with E-state index in [1.54, 1.807) is 0 Å². The molecule has 0 radical (unpaired) electrons. The van der Waals surface area contributed by atoms with Crippen molar-refractivity contribution < 1.29 is 4.74 Å². The molecule has 0 aromatic carbocycles. The van der Waals surface area contributed by atoms with Gasteiger partial charge in [-0.2, -0.15) is 0 Å². The maximum Gasteiger partial charge on any atom is 0.0594 e. The van der Waals surface area contributed by atoms with Gasteiger partial charge < -0.3 is 15.4 Å². The van der Waals surface area contributed by atoms with Gasteiger partial charge in [0.05, 0.1) is 12.7 Å². The van der Waals surface area contributed by atoms with Gasteiger partial charge in [0.1, 0.15) is 0 Å². The van der Waals surface area contributed by atoms with Crippen molar-refractivity contribution in [1.82, 2.24) is 10.6 Å². The van der Waals surface area contributed by atoms with Crippen molar-refractivity contribution >= 4 is 0 Å². The van der Waals surface area contributed by atoms with E-state index < -0.39 is 0 Å². The van der Waals surface area contributed by atoms with Crippen LogP contribution in [0.4, 0.5) is 0 Å². The molecule has 0 amide bonds. The van der Waals surface area contributed by atoms with Crippen molar-refractivity contribution in [2.24, 2.45) is 5.92 Å². The second-order valence-corrected chi connectivity index (χ2v) is 4.34. The topological polar surface area (TPSA) is 33.3 Å². The van der Waals surface area contributed by atoms with E-state index in [2.05, 4.69) is 24.5 Å². The molecular weight excluding hydrogens is 176 g/mol. The summed E-state index contributed by atoms with van der Waals surface area (Å²) in [6, 6.07) is 0. The third-order valence-corrected chi connectivity index (χ3v) is 2.56. The molecule has 0 aromatic heterocycles. The van der Waals surface area contributed by atoms with E-state index in [9.17, 15) is 0 Å². The van der Waals surface area contributed by atoms with Crippen LogP contribution in [0.15, 0.2) is 0 Å². The lowest BCUT2D eigenvalue weighted by Gasteiger charge is -2.23. The SMILES string of the molecule is CC(C)OCCNCC1CCCNC1. The van der Waals surface area contributed by atoms with Gasteiger partial charge in [0.25, 0.3) is 0 Å². The number of hydrogen-bond donors (Lipinski definition) is 2. The summed E-state index contributed by atoms with van der Waals surface area (Å²) in [4.78, 5) is 0. The maximum absolute atomic E-state index is 5.45. The van der Waals surface area contributed by atoms with Crippen LogP contribution in [0.5, 0.6) is 0 Å². The van der Waals surface area contributed by atoms with E-state index >= 15 is 0 Å². The average Bonchev–Trinajstić information content (AvgIpc) is 2.18. The third-order valence-electron chi connectivity index (χ3n) is 2.56. The highest BCUT2D eigenvalue weighted by Crippen LogP contribution is 2.07. The van der Waals surface area contributed by atoms with Gasteiger partial charge >= 0.3 is 0 Å². The molecule has 1 fully saturated rings. The van der Waals surface area contributed by atoms with Gasteiger partial charge in [-0.25, -0.2) is 0 Å². The molecular formula is C11H24N2O. The number of hydrogen-bond acceptors (Lipinski definition) is 3. The summed E-state index contributed by atoms with van der Waals surface area (Å²) < 4.78 is 5.45. The molecule has 3 nitrogen and oxygen atoms in total. The van der Waals surface area contributed by atoms with Gasteiger partial charge in [-0.15, -0.1) is 0 Å². The number of ether oxygens (including phenoxy) is 1. The van der Waals surface area contributed by atoms with Crippen molar-refractivity contribution in [2.75, 3.05) is 32.8 Å². The van der Waals surface area contributed by atoms with Crippen LogP contribution in [-0.4, -0.2) is 38.9 Å². The first-order valence-electron chi connectivity index (χ1n) is 5.82. The van der Waals surface area contributed by atoms with Crippen LogP contribution in [0.1, 0.15) is 26.7 Å². The maximum atomic E-state index is 5.45. The number of piperidine rings is 1. The quantitative estimate of drug-likeness (QED) is 0.628. The van der Waals surface area contributed by atoms with Gasteiger partial charge in [0, 0.05) is 6.54 Å². The molecule has 1 unspecified atom stereocenters. The molecule has 1 aliphatic heterocycles. The Balaban J connectivity index is 1.87. The van der Waals surface area contributed by atoms with Crippen molar-refractivity contribution in [3.63, 3.8) is 0 Å². The van der Waals surface area contributed by atoms with Crippen LogP contribution >= 0.6 is 0 Å². The monoisotopic (exact) mass is 200 g/mol. The van der Waals surface area contributed by atoms with E-state index in [4.69, 9.17) is 4.74 Å². The van der Waals surface area contributed by atoms with Crippen molar-refractivity contribution in [1.29, 1.82) is 0 Å². The first-order chi connectivity index (χ1) is 6.79. The van der Waals surface area contributed by atoms with Crippen LogP contribution < -0.4 is 10.6 Å². The fourth-order valence-electron chi connectivity index (χ4n) is 1.77. The molecule has 0 bridgehead atoms. The summed E-state index contributed by atoms with van der Waals surface area (Å²) in [7, 11) is 0. The minimum absolute atomic E-state index is 0.355. The summed E-state index contributed by atoms with van der Waals surface area (Å²) in [5, 5.41) is 6.87. The van der Waals surface area contributed by atoms with Gasteiger partial charge in [-0.05, 0) is 52.2 Å². The highest BCUT2D eigenvalue weighted by molar-refractivity contribution is 4.70. The van der Waals surface area contributed by atoms with Gasteiger partial charge in [-0.1, -0.05) is 0 Å². The zero-order valence-electron chi connectivity index (χ0n) is 9.51. The molecule has 0 aromatic rings. The highest BCUT2D eigenvalue weighted by atomic mass is 16.5. The van der Waals surface area contributed by atoms with E-state index in [-0.39, 0.29) is 0 Å². The fraction of sp³-hybridized carbons (Fsp3) is 1.00. The Morgan fingerprint density at radius 3 is 3.00 bits per heavy atom. The molecule has 0 saturated carbocycles. The van der Waals surface area contributed by atoms with E-state index in [0.717, 1.165) is 25.6 Å². The second kappa shape index (κ2) is 7.21. The minimum Gasteiger partial charge on any atom is -0.377 e. The summed E-state index contributed by atoms with van der Waals surface area (Å²) in [6.07, 6.45) is 3.05. The van der Waals surface area contributed by atoms with Crippen LogP contribution in [-0.2, 0) is 4.74 Å². The molecule has 0 aliphatic carbocycles. The Morgan fingerprint density at radius 2 is 2.36 bits per heavy atom. The molecule has 14 heavy (non-hydrogen) atoms. The number of rotatable bonds is 6. The van der Waals surface area contributed by atoms with Crippen molar-refractivity contribution in [3.05, 3.63) is 0 Å². The fourth-order valence-corrected chi connectivity index (χ4v) is 1.77. The zero-order valence-corrected chi connectivity index (χ0v) is 9.51. The zero-order chi connectivity index (χ0) is 10.2. The lowest BCUT2D eigenvalue weighted by atomic mass is 10.00. The number of nitrogens with one attached hydrogen (secondary N) is 2. The Bertz CT molecular complexity index is 133. The van der Waals surface area contributed by atoms with Gasteiger partial charge in [-0.3, -0.25) is 0 Å². The Kier molecular flexibility index (Phi) is 6.15. The predicted octanol–water partition coefficient (Wildman–Crippen LogP) is 1.00. The largest absolute Gasteiger partial charge is 0.377 e. The van der Waals surface area contributed by atoms with Gasteiger partial charge in [0.2, 0.25) is 0 Å². The van der Waals surface area contributed by atoms with Crippen LogP contribution in [0.3, 0.4) is 0 Å². The molecule has 1 aliphatic rings. The Hall–Kier alpha value is -0.120. The summed E-state index contributed by atoms with van der Waals surface area (Å²) >= 11 is 0. The van der Waals surface area contributed by atoms with E-state index in [0.29, 0.717) is 6.10 Å². The average molecular weight is 200 g/mol. The first kappa shape index (κ1) is 12.0. The molecule has 1 heterocycles. The third kappa shape index (κ3) is 5.58. The van der Waals surface area contributed by atoms with E-state index in [1.165, 1.54) is 25.9 Å². The van der Waals surface area contributed by atoms with Gasteiger partial charge in [0.15, 0.2) is 0 Å². The molecule has 3 heteroatoms. The normalized spacial score (nSPS) is 22.9. The lowest BCUT2D eigenvalue weighted by Crippen LogP contribution is -2.37. The molecule has 1 saturated heterocycles. The summed E-state index contributed by atoms with van der Waals surface area (Å²) in [5.41, 5.74) is 0. The molecule has 1 atom stereocenters. The first-order valence-corrected chi connectivity index (χ1v) is 5.82. The van der Waals surface area contributed by atoms with Crippen LogP contribution in [0.2, 0.25) is 0 Å². The summed E-state index contributed by atoms with van der Waals surface area (Å²) in [5.74, 6) is 0.822. The van der Waals surface area contributed by atoms with Crippen LogP contribution in [0.25, 0.3) is 0 Å². The Labute approximate surface area is 87.6 Å². The van der Waals surface area contributed by atoms with E-state index in [1.807, 2.05) is 0 Å². The second-order valence-electron chi connectivity index (χ2n) is 4.34. The molecule has 2 N–H and O–H groups in total. The minimum atomic E-state index is 0.355. The van der Waals surface area contributed by atoms with Crippen LogP contribution in [0, 0.1) is 5.92 Å². The lowest BCUT2D eigenvalue weighted by molar-refractivity contribution is 0.0802. The standard InChI is InChI=1S/C11H24N2O/c1-10(2)14-7-6-13-9-11-4-3-5-12-8-11/h10-13H,3-9H2,1-2H3. The predicted molar refractivity (Wildman–Crippen MR) is 59.6 cm³/mol. The summed E-state index contributed by atoms with van der Waals surface area (Å²) in [6.45, 7) is 9.47. The molecule has 1 rings (SSSR count). The molecule has 84 valence electrons. The Morgan fingerprint density at radius 1 is 1.50 bits per heavy atom.